The number of benzene rings is 1. The molecular formula is C15H18N2O2. The van der Waals surface area contributed by atoms with Crippen molar-refractivity contribution in [2.24, 2.45) is 0 Å². The molecule has 0 spiro atoms. The van der Waals surface area contributed by atoms with Gasteiger partial charge in [0.1, 0.15) is 0 Å². The highest BCUT2D eigenvalue weighted by Gasteiger charge is 2.09. The smallest absolute Gasteiger partial charge is 0.341 e. The van der Waals surface area contributed by atoms with Crippen molar-refractivity contribution in [1.82, 2.24) is 9.78 Å². The Morgan fingerprint density at radius 2 is 1.89 bits per heavy atom. The first kappa shape index (κ1) is 13.3. The van der Waals surface area contributed by atoms with E-state index in [2.05, 4.69) is 36.3 Å². The predicted molar refractivity (Wildman–Crippen MR) is 73.1 cm³/mol. The Hall–Kier alpha value is -2.10. The maximum atomic E-state index is 11.5. The van der Waals surface area contributed by atoms with Crippen molar-refractivity contribution >= 4 is 5.97 Å². The number of nitrogens with zero attached hydrogens (tertiary/aromatic N) is 2. The highest BCUT2D eigenvalue weighted by atomic mass is 16.5. The van der Waals surface area contributed by atoms with Crippen molar-refractivity contribution in [1.29, 1.82) is 0 Å². The summed E-state index contributed by atoms with van der Waals surface area (Å²) in [6.45, 7) is 4.96. The fourth-order valence-electron chi connectivity index (χ4n) is 1.84. The van der Waals surface area contributed by atoms with Crippen molar-refractivity contribution in [3.05, 3.63) is 53.3 Å². The number of ether oxygens (including phenoxy) is 1. The number of esters is 1. The molecule has 2 rings (SSSR count). The van der Waals surface area contributed by atoms with Gasteiger partial charge in [0.2, 0.25) is 0 Å². The third kappa shape index (κ3) is 3.44. The van der Waals surface area contributed by atoms with Crippen LogP contribution in [0.25, 0.3) is 0 Å². The lowest BCUT2D eigenvalue weighted by Crippen LogP contribution is -2.04. The first-order valence-electron chi connectivity index (χ1n) is 6.50. The maximum Gasteiger partial charge on any atom is 0.341 e. The van der Waals surface area contributed by atoms with Gasteiger partial charge in [-0.15, -0.1) is 0 Å². The van der Waals surface area contributed by atoms with Crippen molar-refractivity contribution in [3.8, 4) is 0 Å². The largest absolute Gasteiger partial charge is 0.462 e. The van der Waals surface area contributed by atoms with E-state index in [1.165, 1.54) is 5.56 Å². The van der Waals surface area contributed by atoms with Crippen LogP contribution in [0.5, 0.6) is 0 Å². The van der Waals surface area contributed by atoms with Gasteiger partial charge in [-0.25, -0.2) is 4.79 Å². The van der Waals surface area contributed by atoms with E-state index in [-0.39, 0.29) is 5.97 Å². The van der Waals surface area contributed by atoms with Gasteiger partial charge in [-0.3, -0.25) is 4.68 Å². The summed E-state index contributed by atoms with van der Waals surface area (Å²) in [5.41, 5.74) is 2.97. The molecule has 0 atom stereocenters. The second-order valence-electron chi connectivity index (χ2n) is 4.32. The van der Waals surface area contributed by atoms with Crippen molar-refractivity contribution in [2.45, 2.75) is 26.8 Å². The first-order chi connectivity index (χ1) is 9.22. The Bertz CT molecular complexity index is 544. The number of rotatable bonds is 5. The van der Waals surface area contributed by atoms with Crippen LogP contribution in [0.15, 0.2) is 36.7 Å². The Labute approximate surface area is 113 Å². The molecule has 0 fully saturated rings. The summed E-state index contributed by atoms with van der Waals surface area (Å²) in [5, 5.41) is 4.17. The number of hydrogen-bond acceptors (Lipinski definition) is 3. The molecule has 1 heterocycles. The minimum atomic E-state index is -0.324. The molecule has 19 heavy (non-hydrogen) atoms. The van der Waals surface area contributed by atoms with Gasteiger partial charge in [-0.1, -0.05) is 31.2 Å². The molecule has 0 aliphatic rings. The van der Waals surface area contributed by atoms with Crippen molar-refractivity contribution in [2.75, 3.05) is 6.61 Å². The maximum absolute atomic E-state index is 11.5. The lowest BCUT2D eigenvalue weighted by molar-refractivity contribution is 0.0526. The van der Waals surface area contributed by atoms with E-state index in [1.807, 2.05) is 0 Å². The summed E-state index contributed by atoms with van der Waals surface area (Å²) in [6.07, 6.45) is 4.29. The van der Waals surface area contributed by atoms with Gasteiger partial charge in [-0.2, -0.15) is 5.10 Å². The topological polar surface area (TPSA) is 44.1 Å². The van der Waals surface area contributed by atoms with Crippen LogP contribution in [0.3, 0.4) is 0 Å². The van der Waals surface area contributed by atoms with Gasteiger partial charge in [-0.05, 0) is 24.5 Å². The predicted octanol–water partition coefficient (Wildman–Crippen LogP) is 2.67. The number of hydrogen-bond donors (Lipinski definition) is 0. The van der Waals surface area contributed by atoms with Crippen LogP contribution in [-0.2, 0) is 17.7 Å². The van der Waals surface area contributed by atoms with Crippen LogP contribution >= 0.6 is 0 Å². The van der Waals surface area contributed by atoms with Gasteiger partial charge < -0.3 is 4.74 Å². The lowest BCUT2D eigenvalue weighted by atomic mass is 10.1. The van der Waals surface area contributed by atoms with E-state index in [4.69, 9.17) is 4.74 Å². The molecule has 1 aromatic carbocycles. The van der Waals surface area contributed by atoms with Crippen molar-refractivity contribution < 1.29 is 9.53 Å². The fourth-order valence-corrected chi connectivity index (χ4v) is 1.84. The molecule has 4 heteroatoms. The molecule has 0 bridgehead atoms. The molecule has 2 aromatic rings. The molecule has 0 N–H and O–H groups in total. The van der Waals surface area contributed by atoms with Crippen molar-refractivity contribution in [3.63, 3.8) is 0 Å². The summed E-state index contributed by atoms with van der Waals surface area (Å²) in [5.74, 6) is -0.324. The van der Waals surface area contributed by atoms with Crippen LogP contribution in [0.2, 0.25) is 0 Å². The highest BCUT2D eigenvalue weighted by Crippen LogP contribution is 2.08. The number of aryl methyl sites for hydroxylation is 1. The van der Waals surface area contributed by atoms with Gasteiger partial charge in [0.05, 0.1) is 24.9 Å². The van der Waals surface area contributed by atoms with Crippen LogP contribution in [0, 0.1) is 0 Å². The molecular weight excluding hydrogens is 240 g/mol. The lowest BCUT2D eigenvalue weighted by Gasteiger charge is -2.03. The Morgan fingerprint density at radius 1 is 1.21 bits per heavy atom. The van der Waals surface area contributed by atoms with E-state index in [0.717, 1.165) is 12.0 Å². The second kappa shape index (κ2) is 6.18. The summed E-state index contributed by atoms with van der Waals surface area (Å²) in [7, 11) is 0. The van der Waals surface area contributed by atoms with Gasteiger partial charge in [0.25, 0.3) is 0 Å². The molecule has 0 unspecified atom stereocenters. The van der Waals surface area contributed by atoms with E-state index >= 15 is 0 Å². The number of aromatic nitrogens is 2. The quantitative estimate of drug-likeness (QED) is 0.774. The molecule has 0 amide bonds. The third-order valence-corrected chi connectivity index (χ3v) is 2.92. The second-order valence-corrected chi connectivity index (χ2v) is 4.32. The van der Waals surface area contributed by atoms with E-state index < -0.39 is 0 Å². The summed E-state index contributed by atoms with van der Waals surface area (Å²) in [4.78, 5) is 11.5. The number of carbonyl (C=O) groups is 1. The minimum absolute atomic E-state index is 0.324. The minimum Gasteiger partial charge on any atom is -0.462 e. The van der Waals surface area contributed by atoms with E-state index in [1.54, 1.807) is 24.0 Å². The summed E-state index contributed by atoms with van der Waals surface area (Å²) < 4.78 is 6.67. The molecule has 100 valence electrons. The zero-order chi connectivity index (χ0) is 13.7. The zero-order valence-corrected chi connectivity index (χ0v) is 11.3. The standard InChI is InChI=1S/C15H18N2O2/c1-3-12-5-7-13(8-6-12)10-17-11-14(9-16-17)15(18)19-4-2/h5-9,11H,3-4,10H2,1-2H3. The average Bonchev–Trinajstić information content (AvgIpc) is 2.88. The zero-order valence-electron chi connectivity index (χ0n) is 11.3. The molecule has 0 saturated carbocycles. The molecule has 0 aliphatic heterocycles. The van der Waals surface area contributed by atoms with Crippen LogP contribution < -0.4 is 0 Å². The Morgan fingerprint density at radius 3 is 2.53 bits per heavy atom. The summed E-state index contributed by atoms with van der Waals surface area (Å²) in [6, 6.07) is 8.41. The SMILES string of the molecule is CCOC(=O)c1cnn(Cc2ccc(CC)cc2)c1. The molecule has 1 aromatic heterocycles. The first-order valence-corrected chi connectivity index (χ1v) is 6.50. The summed E-state index contributed by atoms with van der Waals surface area (Å²) >= 11 is 0. The number of carbonyl (C=O) groups excluding carboxylic acids is 1. The molecule has 4 nitrogen and oxygen atoms in total. The van der Waals surface area contributed by atoms with Crippen LogP contribution in [-0.4, -0.2) is 22.4 Å². The van der Waals surface area contributed by atoms with Crippen LogP contribution in [0.1, 0.15) is 35.3 Å². The normalized spacial score (nSPS) is 10.4. The average molecular weight is 258 g/mol. The van der Waals surface area contributed by atoms with Gasteiger partial charge >= 0.3 is 5.97 Å². The van der Waals surface area contributed by atoms with Crippen LogP contribution in [0.4, 0.5) is 0 Å². The molecule has 0 saturated heterocycles. The van der Waals surface area contributed by atoms with Gasteiger partial charge in [0.15, 0.2) is 0 Å². The molecule has 0 radical (unpaired) electrons. The third-order valence-electron chi connectivity index (χ3n) is 2.92. The monoisotopic (exact) mass is 258 g/mol. The van der Waals surface area contributed by atoms with Gasteiger partial charge in [0, 0.05) is 6.20 Å². The Balaban J connectivity index is 2.04. The highest BCUT2D eigenvalue weighted by molar-refractivity contribution is 5.88. The van der Waals surface area contributed by atoms with E-state index in [0.29, 0.717) is 18.7 Å². The molecule has 0 aliphatic carbocycles. The Kier molecular flexibility index (Phi) is 4.34. The van der Waals surface area contributed by atoms with E-state index in [9.17, 15) is 4.79 Å². The fraction of sp³-hybridized carbons (Fsp3) is 0.333.